The van der Waals surface area contributed by atoms with E-state index in [9.17, 15) is 4.79 Å². The second-order valence-corrected chi connectivity index (χ2v) is 4.34. The number of carbonyl (C=O) groups excluding carboxylic acids is 1. The van der Waals surface area contributed by atoms with Gasteiger partial charge in [-0.15, -0.1) is 0 Å². The van der Waals surface area contributed by atoms with Gasteiger partial charge in [0.25, 0.3) is 5.91 Å². The van der Waals surface area contributed by atoms with Crippen molar-refractivity contribution >= 4 is 40.0 Å². The quantitative estimate of drug-likeness (QED) is 0.830. The Morgan fingerprint density at radius 1 is 1.50 bits per heavy atom. The first-order valence-electron chi connectivity index (χ1n) is 5.07. The first kappa shape index (κ1) is 12.7. The van der Waals surface area contributed by atoms with Crippen LogP contribution in [0.25, 0.3) is 0 Å². The summed E-state index contributed by atoms with van der Waals surface area (Å²) in [6.07, 6.45) is 0. The molecule has 0 saturated heterocycles. The van der Waals surface area contributed by atoms with Gasteiger partial charge in [0.1, 0.15) is 11.0 Å². The van der Waals surface area contributed by atoms with Crippen LogP contribution in [0.1, 0.15) is 17.3 Å². The van der Waals surface area contributed by atoms with Crippen molar-refractivity contribution in [3.05, 3.63) is 22.8 Å². The Kier molecular flexibility index (Phi) is 4.00. The van der Waals surface area contributed by atoms with E-state index in [1.54, 1.807) is 6.07 Å². The normalized spacial score (nSPS) is 10.1. The molecule has 9 heteroatoms. The number of halogens is 1. The Bertz CT molecular complexity index is 546. The number of amides is 1. The molecule has 0 radical (unpaired) electrons. The molecule has 2 N–H and O–H groups in total. The smallest absolute Gasteiger partial charge is 0.257 e. The topological polar surface area (TPSA) is 92.7 Å². The maximum Gasteiger partial charge on any atom is 0.257 e. The third kappa shape index (κ3) is 3.11. The highest BCUT2D eigenvalue weighted by atomic mass is 35.5. The number of aromatic nitrogens is 4. The van der Waals surface area contributed by atoms with Crippen LogP contribution in [0.5, 0.6) is 0 Å². The van der Waals surface area contributed by atoms with Gasteiger partial charge >= 0.3 is 0 Å². The third-order valence-corrected chi connectivity index (χ3v) is 2.64. The predicted octanol–water partition coefficient (Wildman–Crippen LogP) is 1.67. The van der Waals surface area contributed by atoms with Crippen LogP contribution >= 0.6 is 23.1 Å². The lowest BCUT2D eigenvalue weighted by atomic mass is 10.2. The maximum atomic E-state index is 11.9. The van der Waals surface area contributed by atoms with Gasteiger partial charge in [-0.1, -0.05) is 21.2 Å². The maximum absolute atomic E-state index is 11.9. The first-order valence-corrected chi connectivity index (χ1v) is 6.22. The Morgan fingerprint density at radius 3 is 3.00 bits per heavy atom. The van der Waals surface area contributed by atoms with E-state index in [0.29, 0.717) is 23.1 Å². The molecule has 2 aromatic heterocycles. The lowest BCUT2D eigenvalue weighted by molar-refractivity contribution is 0.102. The number of nitrogens with zero attached hydrogens (tertiary/aromatic N) is 4. The number of hydrogen-bond acceptors (Lipinski definition) is 7. The van der Waals surface area contributed by atoms with Crippen molar-refractivity contribution in [2.75, 3.05) is 17.2 Å². The molecular formula is C9H9ClN6OS. The number of rotatable bonds is 4. The summed E-state index contributed by atoms with van der Waals surface area (Å²) >= 11 is 6.84. The largest absolute Gasteiger partial charge is 0.370 e. The molecule has 0 spiro atoms. The lowest BCUT2D eigenvalue weighted by Gasteiger charge is -2.06. The molecule has 0 atom stereocenters. The summed E-state index contributed by atoms with van der Waals surface area (Å²) in [5.74, 6) is 0.211. The van der Waals surface area contributed by atoms with Crippen LogP contribution in [0.4, 0.5) is 10.9 Å². The molecule has 18 heavy (non-hydrogen) atoms. The van der Waals surface area contributed by atoms with Gasteiger partial charge in [-0.05, 0) is 24.3 Å². The minimum absolute atomic E-state index is 0.244. The highest BCUT2D eigenvalue weighted by molar-refractivity contribution is 7.09. The van der Waals surface area contributed by atoms with Gasteiger partial charge in [-0.25, -0.2) is 4.98 Å². The van der Waals surface area contributed by atoms with Crippen molar-refractivity contribution in [1.29, 1.82) is 0 Å². The Morgan fingerprint density at radius 2 is 2.33 bits per heavy atom. The average Bonchev–Trinajstić information content (AvgIpc) is 2.81. The lowest BCUT2D eigenvalue weighted by Crippen LogP contribution is -2.13. The van der Waals surface area contributed by atoms with Crippen molar-refractivity contribution in [3.63, 3.8) is 0 Å². The van der Waals surface area contributed by atoms with Crippen molar-refractivity contribution in [3.8, 4) is 0 Å². The highest BCUT2D eigenvalue weighted by Gasteiger charge is 2.11. The molecular weight excluding hydrogens is 276 g/mol. The Hall–Kier alpha value is -1.80. The zero-order chi connectivity index (χ0) is 13.0. The van der Waals surface area contributed by atoms with E-state index >= 15 is 0 Å². The summed E-state index contributed by atoms with van der Waals surface area (Å²) in [5, 5.41) is 13.1. The minimum Gasteiger partial charge on any atom is -0.370 e. The van der Waals surface area contributed by atoms with Crippen LogP contribution in [-0.4, -0.2) is 32.2 Å². The molecule has 0 aliphatic heterocycles. The van der Waals surface area contributed by atoms with Gasteiger partial charge in [-0.2, -0.15) is 0 Å². The molecule has 0 unspecified atom stereocenters. The van der Waals surface area contributed by atoms with Crippen molar-refractivity contribution in [1.82, 2.24) is 19.8 Å². The fraction of sp³-hybridized carbons (Fsp3) is 0.222. The molecule has 0 fully saturated rings. The first-order chi connectivity index (χ1) is 8.69. The zero-order valence-electron chi connectivity index (χ0n) is 9.35. The van der Waals surface area contributed by atoms with E-state index in [-0.39, 0.29) is 11.1 Å². The molecule has 2 aromatic rings. The van der Waals surface area contributed by atoms with E-state index in [0.717, 1.165) is 11.5 Å². The van der Waals surface area contributed by atoms with Gasteiger partial charge in [0.2, 0.25) is 5.13 Å². The van der Waals surface area contributed by atoms with E-state index in [2.05, 4.69) is 30.4 Å². The summed E-state index contributed by atoms with van der Waals surface area (Å²) in [6, 6.07) is 3.09. The van der Waals surface area contributed by atoms with Crippen LogP contribution in [0, 0.1) is 0 Å². The fourth-order valence-electron chi connectivity index (χ4n) is 1.25. The van der Waals surface area contributed by atoms with E-state index in [4.69, 9.17) is 11.6 Å². The van der Waals surface area contributed by atoms with Crippen molar-refractivity contribution < 1.29 is 4.79 Å². The molecule has 94 valence electrons. The molecule has 2 heterocycles. The van der Waals surface area contributed by atoms with Crippen LogP contribution in [0.15, 0.2) is 12.1 Å². The van der Waals surface area contributed by atoms with E-state index in [1.807, 2.05) is 6.92 Å². The van der Waals surface area contributed by atoms with Crippen LogP contribution in [0.2, 0.25) is 5.15 Å². The average molecular weight is 285 g/mol. The van der Waals surface area contributed by atoms with Gasteiger partial charge < -0.3 is 5.32 Å². The fourth-order valence-corrected chi connectivity index (χ4v) is 1.82. The summed E-state index contributed by atoms with van der Waals surface area (Å²) in [7, 11) is 0. The molecule has 7 nitrogen and oxygen atoms in total. The zero-order valence-corrected chi connectivity index (χ0v) is 10.9. The third-order valence-electron chi connectivity index (χ3n) is 1.93. The molecule has 1 amide bonds. The predicted molar refractivity (Wildman–Crippen MR) is 69.1 cm³/mol. The second-order valence-electron chi connectivity index (χ2n) is 3.22. The minimum atomic E-state index is -0.336. The molecule has 0 aromatic carbocycles. The van der Waals surface area contributed by atoms with Gasteiger partial charge in [-0.3, -0.25) is 10.1 Å². The summed E-state index contributed by atoms with van der Waals surface area (Å²) < 4.78 is 3.55. The van der Waals surface area contributed by atoms with Gasteiger partial charge in [0, 0.05) is 23.6 Å². The summed E-state index contributed by atoms with van der Waals surface area (Å²) in [4.78, 5) is 15.9. The van der Waals surface area contributed by atoms with E-state index < -0.39 is 0 Å². The number of carbonyl (C=O) groups is 1. The van der Waals surface area contributed by atoms with Gasteiger partial charge in [0.15, 0.2) is 0 Å². The van der Waals surface area contributed by atoms with E-state index in [1.165, 1.54) is 6.07 Å². The molecule has 0 aliphatic rings. The van der Waals surface area contributed by atoms with Gasteiger partial charge in [0.05, 0.1) is 0 Å². The number of nitrogens with one attached hydrogen (secondary N) is 2. The van der Waals surface area contributed by atoms with Crippen molar-refractivity contribution in [2.24, 2.45) is 0 Å². The molecule has 2 rings (SSSR count). The van der Waals surface area contributed by atoms with Crippen LogP contribution in [-0.2, 0) is 0 Å². The standard InChI is InChI=1S/C9H9ClN6OS/c1-2-11-7-4-5(3-6(10)12-7)8(17)13-9-14-15-16-18-9/h3-4H,2H2,1H3,(H,11,12)(H,13,14,16,17). The number of hydrogen-bond donors (Lipinski definition) is 2. The van der Waals surface area contributed by atoms with Crippen molar-refractivity contribution in [2.45, 2.75) is 6.92 Å². The number of pyridine rings is 1. The Balaban J connectivity index is 2.19. The number of anilines is 2. The molecule has 0 saturated carbocycles. The molecule has 0 aliphatic carbocycles. The highest BCUT2D eigenvalue weighted by Crippen LogP contribution is 2.16. The Labute approximate surface area is 112 Å². The van der Waals surface area contributed by atoms with Crippen LogP contribution < -0.4 is 10.6 Å². The summed E-state index contributed by atoms with van der Waals surface area (Å²) in [5.41, 5.74) is 0.390. The van der Waals surface area contributed by atoms with Crippen LogP contribution in [0.3, 0.4) is 0 Å². The molecule has 0 bridgehead atoms. The second kappa shape index (κ2) is 5.69. The summed E-state index contributed by atoms with van der Waals surface area (Å²) in [6.45, 7) is 2.62. The monoisotopic (exact) mass is 284 g/mol. The SMILES string of the molecule is CCNc1cc(C(=O)Nc2nnns2)cc(Cl)n1.